The molecular weight excluding hydrogens is 261 g/mol. The Morgan fingerprint density at radius 3 is 2.53 bits per heavy atom. The van der Waals surface area contributed by atoms with Gasteiger partial charge in [0.2, 0.25) is 0 Å². The van der Waals surface area contributed by atoms with Crippen molar-refractivity contribution in [2.24, 2.45) is 5.92 Å². The number of hydrogen-bond acceptors (Lipinski definition) is 3. The van der Waals surface area contributed by atoms with Gasteiger partial charge in [0, 0.05) is 0 Å². The number of hydrogen-bond donors (Lipinski definition) is 0. The maximum atomic E-state index is 11.7. The first-order valence-electron chi connectivity index (χ1n) is 5.65. The summed E-state index contributed by atoms with van der Waals surface area (Å²) < 4.78 is 5.16. The molecular formula is C12H13Cl2NO2. The number of pyridine rings is 1. The van der Waals surface area contributed by atoms with Crippen LogP contribution < -0.4 is 0 Å². The van der Waals surface area contributed by atoms with E-state index in [0.29, 0.717) is 12.2 Å². The number of halogens is 2. The zero-order valence-corrected chi connectivity index (χ0v) is 10.8. The molecule has 0 amide bonds. The summed E-state index contributed by atoms with van der Waals surface area (Å²) in [5.41, 5.74) is 0.351. The van der Waals surface area contributed by atoms with Gasteiger partial charge in [-0.25, -0.2) is 9.78 Å². The molecule has 1 heterocycles. The predicted molar refractivity (Wildman–Crippen MR) is 66.5 cm³/mol. The van der Waals surface area contributed by atoms with E-state index in [-0.39, 0.29) is 10.3 Å². The van der Waals surface area contributed by atoms with Crippen LogP contribution >= 0.6 is 23.2 Å². The summed E-state index contributed by atoms with van der Waals surface area (Å²) in [5, 5.41) is 0.395. The highest BCUT2D eigenvalue weighted by atomic mass is 35.5. The van der Waals surface area contributed by atoms with E-state index >= 15 is 0 Å². The van der Waals surface area contributed by atoms with E-state index in [0.717, 1.165) is 12.3 Å². The molecule has 1 aliphatic carbocycles. The smallest absolute Gasteiger partial charge is 0.338 e. The van der Waals surface area contributed by atoms with E-state index in [1.165, 1.54) is 31.4 Å². The minimum atomic E-state index is -0.393. The zero-order valence-electron chi connectivity index (χ0n) is 9.29. The summed E-state index contributed by atoms with van der Waals surface area (Å²) in [6.45, 7) is 0.459. The molecule has 1 fully saturated rings. The number of ether oxygens (including phenoxy) is 1. The monoisotopic (exact) mass is 273 g/mol. The summed E-state index contributed by atoms with van der Waals surface area (Å²) in [4.78, 5) is 15.4. The number of esters is 1. The minimum absolute atomic E-state index is 0.198. The highest BCUT2D eigenvalue weighted by molar-refractivity contribution is 6.32. The van der Waals surface area contributed by atoms with Crippen LogP contribution in [0.15, 0.2) is 12.1 Å². The average molecular weight is 274 g/mol. The lowest BCUT2D eigenvalue weighted by atomic mass is 9.83. The molecule has 0 aromatic carbocycles. The third-order valence-electron chi connectivity index (χ3n) is 2.98. The molecule has 92 valence electrons. The van der Waals surface area contributed by atoms with Gasteiger partial charge < -0.3 is 4.74 Å². The lowest BCUT2D eigenvalue weighted by Gasteiger charge is -2.24. The Bertz CT molecular complexity index is 399. The largest absolute Gasteiger partial charge is 0.462 e. The highest BCUT2D eigenvalue weighted by Gasteiger charge is 2.18. The van der Waals surface area contributed by atoms with Crippen LogP contribution in [0, 0.1) is 5.92 Å². The fraction of sp³-hybridized carbons (Fsp3) is 0.500. The Morgan fingerprint density at radius 1 is 1.35 bits per heavy atom. The van der Waals surface area contributed by atoms with Crippen LogP contribution in [0.1, 0.15) is 36.0 Å². The van der Waals surface area contributed by atoms with E-state index in [1.54, 1.807) is 0 Å². The van der Waals surface area contributed by atoms with Gasteiger partial charge in [-0.3, -0.25) is 0 Å². The molecule has 2 rings (SSSR count). The van der Waals surface area contributed by atoms with Gasteiger partial charge in [0.15, 0.2) is 0 Å². The van der Waals surface area contributed by atoms with Crippen molar-refractivity contribution in [2.45, 2.75) is 25.7 Å². The number of nitrogens with zero attached hydrogens (tertiary/aromatic N) is 1. The molecule has 0 aliphatic heterocycles. The summed E-state index contributed by atoms with van der Waals surface area (Å²) in [7, 11) is 0. The average Bonchev–Trinajstić information content (AvgIpc) is 2.20. The van der Waals surface area contributed by atoms with E-state index in [9.17, 15) is 4.79 Å². The molecule has 0 unspecified atom stereocenters. The van der Waals surface area contributed by atoms with Gasteiger partial charge in [0.05, 0.1) is 12.2 Å². The summed E-state index contributed by atoms with van der Waals surface area (Å²) in [6, 6.07) is 2.91. The van der Waals surface area contributed by atoms with Crippen molar-refractivity contribution in [1.29, 1.82) is 0 Å². The first kappa shape index (κ1) is 12.7. The fourth-order valence-electron chi connectivity index (χ4n) is 1.77. The fourth-order valence-corrected chi connectivity index (χ4v) is 2.23. The first-order chi connectivity index (χ1) is 8.15. The molecule has 5 heteroatoms. The van der Waals surface area contributed by atoms with Crippen LogP contribution in [0.3, 0.4) is 0 Å². The number of carbonyl (C=O) groups excluding carboxylic acids is 1. The minimum Gasteiger partial charge on any atom is -0.462 e. The third-order valence-corrected chi connectivity index (χ3v) is 3.37. The highest BCUT2D eigenvalue weighted by Crippen LogP contribution is 2.29. The lowest BCUT2D eigenvalue weighted by molar-refractivity contribution is 0.0464. The van der Waals surface area contributed by atoms with Crippen LogP contribution in [-0.2, 0) is 4.74 Å². The van der Waals surface area contributed by atoms with Gasteiger partial charge in [0.25, 0.3) is 0 Å². The molecule has 17 heavy (non-hydrogen) atoms. The Morgan fingerprint density at radius 2 is 2.00 bits per heavy atom. The van der Waals surface area contributed by atoms with Gasteiger partial charge in [-0.2, -0.15) is 0 Å². The third kappa shape index (κ3) is 3.58. The van der Waals surface area contributed by atoms with Gasteiger partial charge in [-0.05, 0) is 24.5 Å². The van der Waals surface area contributed by atoms with Gasteiger partial charge >= 0.3 is 5.97 Å². The summed E-state index contributed by atoms with van der Waals surface area (Å²) in [5.74, 6) is 0.336. The topological polar surface area (TPSA) is 39.2 Å². The Kier molecular flexibility index (Phi) is 4.24. The quantitative estimate of drug-likeness (QED) is 0.620. The lowest BCUT2D eigenvalue weighted by Crippen LogP contribution is -2.15. The Balaban J connectivity index is 1.85. The molecule has 1 aromatic heterocycles. The van der Waals surface area contributed by atoms with Crippen LogP contribution in [0.5, 0.6) is 0 Å². The molecule has 0 radical (unpaired) electrons. The molecule has 0 spiro atoms. The predicted octanol–water partition coefficient (Wildman–Crippen LogP) is 3.74. The van der Waals surface area contributed by atoms with Crippen LogP contribution in [-0.4, -0.2) is 17.6 Å². The summed E-state index contributed by atoms with van der Waals surface area (Å²) in [6.07, 6.45) is 4.75. The van der Waals surface area contributed by atoms with Crippen LogP contribution in [0.2, 0.25) is 10.3 Å². The molecule has 0 bridgehead atoms. The van der Waals surface area contributed by atoms with E-state index in [4.69, 9.17) is 27.9 Å². The second kappa shape index (κ2) is 5.69. The van der Waals surface area contributed by atoms with Crippen molar-refractivity contribution in [3.05, 3.63) is 28.0 Å². The standard InChI is InChI=1S/C12H13Cl2NO2/c13-10-6-9(7-11(14)15-10)12(16)17-5-4-8-2-1-3-8/h6-8H,1-5H2. The van der Waals surface area contributed by atoms with E-state index in [1.807, 2.05) is 0 Å². The maximum absolute atomic E-state index is 11.7. The molecule has 0 N–H and O–H groups in total. The molecule has 1 saturated carbocycles. The van der Waals surface area contributed by atoms with Gasteiger partial charge in [-0.1, -0.05) is 42.5 Å². The SMILES string of the molecule is O=C(OCCC1CCC1)c1cc(Cl)nc(Cl)c1. The molecule has 3 nitrogen and oxygen atoms in total. The van der Waals surface area contributed by atoms with Crippen molar-refractivity contribution in [2.75, 3.05) is 6.61 Å². The zero-order chi connectivity index (χ0) is 12.3. The van der Waals surface area contributed by atoms with Crippen molar-refractivity contribution >= 4 is 29.2 Å². The number of carbonyl (C=O) groups is 1. The van der Waals surface area contributed by atoms with E-state index in [2.05, 4.69) is 4.98 Å². The Labute approximate surface area is 110 Å². The summed E-state index contributed by atoms with van der Waals surface area (Å²) >= 11 is 11.4. The van der Waals surface area contributed by atoms with Gasteiger partial charge in [0.1, 0.15) is 10.3 Å². The second-order valence-electron chi connectivity index (χ2n) is 4.22. The maximum Gasteiger partial charge on any atom is 0.338 e. The van der Waals surface area contributed by atoms with Crippen LogP contribution in [0.4, 0.5) is 0 Å². The number of aromatic nitrogens is 1. The van der Waals surface area contributed by atoms with E-state index < -0.39 is 5.97 Å². The van der Waals surface area contributed by atoms with Crippen molar-refractivity contribution in [3.63, 3.8) is 0 Å². The van der Waals surface area contributed by atoms with Crippen molar-refractivity contribution < 1.29 is 9.53 Å². The normalized spacial score (nSPS) is 15.4. The van der Waals surface area contributed by atoms with Crippen molar-refractivity contribution in [3.8, 4) is 0 Å². The second-order valence-corrected chi connectivity index (χ2v) is 5.00. The molecule has 0 saturated heterocycles. The number of rotatable bonds is 4. The molecule has 1 aliphatic rings. The van der Waals surface area contributed by atoms with Crippen LogP contribution in [0.25, 0.3) is 0 Å². The van der Waals surface area contributed by atoms with Gasteiger partial charge in [-0.15, -0.1) is 0 Å². The molecule has 0 atom stereocenters. The molecule has 1 aromatic rings. The first-order valence-corrected chi connectivity index (χ1v) is 6.41. The Hall–Kier alpha value is -0.800. The van der Waals surface area contributed by atoms with Crippen molar-refractivity contribution in [1.82, 2.24) is 4.98 Å².